The predicted molar refractivity (Wildman–Crippen MR) is 79.8 cm³/mol. The van der Waals surface area contributed by atoms with Gasteiger partial charge in [-0.3, -0.25) is 0 Å². The Kier molecular flexibility index (Phi) is 6.54. The smallest absolute Gasteiger partial charge is 0.129 e. The van der Waals surface area contributed by atoms with Gasteiger partial charge in [0.2, 0.25) is 0 Å². The number of aromatic hydroxyl groups is 2. The minimum atomic E-state index is 0.327. The van der Waals surface area contributed by atoms with Crippen LogP contribution in [0.2, 0.25) is 0 Å². The van der Waals surface area contributed by atoms with Gasteiger partial charge in [-0.05, 0) is 48.9 Å². The van der Waals surface area contributed by atoms with Crippen molar-refractivity contribution in [1.82, 2.24) is 0 Å². The molecule has 2 aromatic carbocycles. The van der Waals surface area contributed by atoms with E-state index in [1.807, 2.05) is 42.8 Å². The molecular formula is C14H16O2S2. The Hall–Kier alpha value is -1.26. The second kappa shape index (κ2) is 7.95. The first-order chi connectivity index (χ1) is 8.67. The lowest BCUT2D eigenvalue weighted by atomic mass is 10.3. The van der Waals surface area contributed by atoms with Crippen LogP contribution in [-0.4, -0.2) is 22.7 Å². The number of para-hydroxylation sites is 1. The van der Waals surface area contributed by atoms with E-state index in [0.29, 0.717) is 11.5 Å². The summed E-state index contributed by atoms with van der Waals surface area (Å²) >= 11 is 3.21. The Labute approximate surface area is 116 Å². The molecule has 0 aliphatic heterocycles. The van der Waals surface area contributed by atoms with Crippen LogP contribution in [0.4, 0.5) is 0 Å². The maximum atomic E-state index is 9.09. The maximum Gasteiger partial charge on any atom is 0.129 e. The zero-order valence-corrected chi connectivity index (χ0v) is 12.0. The van der Waals surface area contributed by atoms with Gasteiger partial charge in [0.15, 0.2) is 0 Å². The number of rotatable bonds is 2. The van der Waals surface area contributed by atoms with Crippen molar-refractivity contribution in [3.63, 3.8) is 0 Å². The lowest BCUT2D eigenvalue weighted by Gasteiger charge is -1.96. The molecular weight excluding hydrogens is 264 g/mol. The standard InChI is InChI=1S/2C7H8OS/c1-9-7-4-2-6(8)3-5-7;1-9-7-5-3-2-4-6(7)8/h2*2-5,8H,1H3. The van der Waals surface area contributed by atoms with E-state index in [2.05, 4.69) is 0 Å². The highest BCUT2D eigenvalue weighted by atomic mass is 32.2. The monoisotopic (exact) mass is 280 g/mol. The number of benzene rings is 2. The molecule has 18 heavy (non-hydrogen) atoms. The van der Waals surface area contributed by atoms with E-state index in [4.69, 9.17) is 10.2 Å². The Bertz CT molecular complexity index is 469. The molecule has 2 aromatic rings. The largest absolute Gasteiger partial charge is 0.508 e. The van der Waals surface area contributed by atoms with Crippen LogP contribution in [0.15, 0.2) is 58.3 Å². The first-order valence-corrected chi connectivity index (χ1v) is 7.77. The lowest BCUT2D eigenvalue weighted by molar-refractivity contribution is 0.462. The van der Waals surface area contributed by atoms with Gasteiger partial charge in [-0.15, -0.1) is 23.5 Å². The average Bonchev–Trinajstić information content (AvgIpc) is 2.41. The molecule has 2 N–H and O–H groups in total. The summed E-state index contributed by atoms with van der Waals surface area (Å²) in [4.78, 5) is 2.10. The maximum absolute atomic E-state index is 9.09. The van der Waals surface area contributed by atoms with Crippen LogP contribution in [0, 0.1) is 0 Å². The second-order valence-electron chi connectivity index (χ2n) is 3.37. The van der Waals surface area contributed by atoms with Crippen LogP contribution in [0.1, 0.15) is 0 Å². The molecule has 0 aliphatic rings. The zero-order chi connectivity index (χ0) is 13.4. The molecule has 0 radical (unpaired) electrons. The summed E-state index contributed by atoms with van der Waals surface area (Å²) in [6.07, 6.45) is 3.95. The van der Waals surface area contributed by atoms with E-state index < -0.39 is 0 Å². The summed E-state index contributed by atoms with van der Waals surface area (Å²) in [5.74, 6) is 0.692. The quantitative estimate of drug-likeness (QED) is 0.808. The normalized spacial score (nSPS) is 9.44. The van der Waals surface area contributed by atoms with E-state index in [1.54, 1.807) is 41.7 Å². The number of hydrogen-bond acceptors (Lipinski definition) is 4. The molecule has 0 aliphatic carbocycles. The topological polar surface area (TPSA) is 40.5 Å². The van der Waals surface area contributed by atoms with Gasteiger partial charge in [-0.25, -0.2) is 0 Å². The van der Waals surface area contributed by atoms with E-state index in [9.17, 15) is 0 Å². The molecule has 0 bridgehead atoms. The van der Waals surface area contributed by atoms with Crippen LogP contribution in [0.5, 0.6) is 11.5 Å². The van der Waals surface area contributed by atoms with Crippen molar-refractivity contribution in [2.45, 2.75) is 9.79 Å². The van der Waals surface area contributed by atoms with Crippen molar-refractivity contribution in [3.8, 4) is 11.5 Å². The fraction of sp³-hybridized carbons (Fsp3) is 0.143. The molecule has 4 heteroatoms. The molecule has 0 saturated carbocycles. The van der Waals surface area contributed by atoms with E-state index in [-0.39, 0.29) is 0 Å². The van der Waals surface area contributed by atoms with Crippen LogP contribution in [0.3, 0.4) is 0 Å². The molecule has 2 rings (SSSR count). The average molecular weight is 280 g/mol. The Morgan fingerprint density at radius 3 is 1.83 bits per heavy atom. The summed E-state index contributed by atoms with van der Waals surface area (Å²) in [7, 11) is 0. The van der Waals surface area contributed by atoms with E-state index >= 15 is 0 Å². The van der Waals surface area contributed by atoms with Crippen LogP contribution < -0.4 is 0 Å². The molecule has 0 unspecified atom stereocenters. The highest BCUT2D eigenvalue weighted by Gasteiger charge is 1.93. The Morgan fingerprint density at radius 2 is 1.39 bits per heavy atom. The van der Waals surface area contributed by atoms with Crippen LogP contribution in [-0.2, 0) is 0 Å². The van der Waals surface area contributed by atoms with Gasteiger partial charge in [0.25, 0.3) is 0 Å². The van der Waals surface area contributed by atoms with Crippen molar-refractivity contribution in [1.29, 1.82) is 0 Å². The fourth-order valence-corrected chi connectivity index (χ4v) is 2.11. The van der Waals surface area contributed by atoms with Crippen molar-refractivity contribution >= 4 is 23.5 Å². The molecule has 0 fully saturated rings. The summed E-state index contributed by atoms with van der Waals surface area (Å²) in [5, 5.41) is 17.9. The molecule has 2 nitrogen and oxygen atoms in total. The first kappa shape index (κ1) is 14.8. The summed E-state index contributed by atoms with van der Waals surface area (Å²) in [6.45, 7) is 0. The summed E-state index contributed by atoms with van der Waals surface area (Å²) < 4.78 is 0. The fourth-order valence-electron chi connectivity index (χ4n) is 1.21. The number of hydrogen-bond donors (Lipinski definition) is 2. The van der Waals surface area contributed by atoms with Gasteiger partial charge in [0, 0.05) is 9.79 Å². The van der Waals surface area contributed by atoms with Gasteiger partial charge in [0.05, 0.1) is 0 Å². The van der Waals surface area contributed by atoms with Gasteiger partial charge in [0.1, 0.15) is 11.5 Å². The van der Waals surface area contributed by atoms with E-state index in [0.717, 1.165) is 4.90 Å². The highest BCUT2D eigenvalue weighted by molar-refractivity contribution is 7.98. The molecule has 0 saturated heterocycles. The van der Waals surface area contributed by atoms with Crippen LogP contribution >= 0.6 is 23.5 Å². The van der Waals surface area contributed by atoms with Crippen LogP contribution in [0.25, 0.3) is 0 Å². The van der Waals surface area contributed by atoms with Gasteiger partial charge in [-0.1, -0.05) is 12.1 Å². The minimum absolute atomic E-state index is 0.327. The first-order valence-electron chi connectivity index (χ1n) is 5.32. The third-order valence-corrected chi connectivity index (χ3v) is 3.69. The SMILES string of the molecule is CSc1ccc(O)cc1.CSc1ccccc1O. The molecule has 0 amide bonds. The molecule has 0 spiro atoms. The highest BCUT2D eigenvalue weighted by Crippen LogP contribution is 2.24. The van der Waals surface area contributed by atoms with Gasteiger partial charge in [-0.2, -0.15) is 0 Å². The zero-order valence-electron chi connectivity index (χ0n) is 10.3. The Morgan fingerprint density at radius 1 is 0.778 bits per heavy atom. The summed E-state index contributed by atoms with van der Waals surface area (Å²) in [6, 6.07) is 14.4. The predicted octanol–water partition coefficient (Wildman–Crippen LogP) is 4.23. The Balaban J connectivity index is 0.000000180. The van der Waals surface area contributed by atoms with Crippen molar-refractivity contribution < 1.29 is 10.2 Å². The van der Waals surface area contributed by atoms with Crippen molar-refractivity contribution in [2.75, 3.05) is 12.5 Å². The number of phenolic OH excluding ortho intramolecular Hbond substituents is 2. The third kappa shape index (κ3) is 4.94. The summed E-state index contributed by atoms with van der Waals surface area (Å²) in [5.41, 5.74) is 0. The van der Waals surface area contributed by atoms with Gasteiger partial charge < -0.3 is 10.2 Å². The van der Waals surface area contributed by atoms with Crippen molar-refractivity contribution in [2.24, 2.45) is 0 Å². The lowest BCUT2D eigenvalue weighted by Crippen LogP contribution is -1.68. The molecule has 0 aromatic heterocycles. The van der Waals surface area contributed by atoms with Gasteiger partial charge >= 0.3 is 0 Å². The number of phenols is 2. The number of thioether (sulfide) groups is 2. The molecule has 0 atom stereocenters. The van der Waals surface area contributed by atoms with E-state index in [1.165, 1.54) is 4.90 Å². The molecule has 0 heterocycles. The minimum Gasteiger partial charge on any atom is -0.508 e. The molecule has 96 valence electrons. The third-order valence-electron chi connectivity index (χ3n) is 2.16. The second-order valence-corrected chi connectivity index (χ2v) is 5.10. The van der Waals surface area contributed by atoms with Crippen molar-refractivity contribution in [3.05, 3.63) is 48.5 Å².